The van der Waals surface area contributed by atoms with Gasteiger partial charge in [-0.2, -0.15) is 0 Å². The molecule has 1 aliphatic heterocycles. The topological polar surface area (TPSA) is 38.0 Å². The third-order valence-electron chi connectivity index (χ3n) is 2.71. The number of nitrogens with one attached hydrogen (secondary N) is 1. The Labute approximate surface area is 89.4 Å². The number of nitrogens with two attached hydrogens (primary N) is 1. The van der Waals surface area contributed by atoms with Crippen molar-refractivity contribution in [3.8, 4) is 0 Å². The summed E-state index contributed by atoms with van der Waals surface area (Å²) < 4.78 is 0. The molecule has 0 aromatic heterocycles. The van der Waals surface area contributed by atoms with Gasteiger partial charge in [0.05, 0.1) is 0 Å². The van der Waals surface area contributed by atoms with Crippen LogP contribution in [-0.2, 0) is 0 Å². The molecule has 1 aromatic rings. The van der Waals surface area contributed by atoms with Gasteiger partial charge in [0.25, 0.3) is 0 Å². The zero-order chi connectivity index (χ0) is 9.97. The first kappa shape index (κ1) is 9.81. The molecule has 3 N–H and O–H groups in total. The Morgan fingerprint density at radius 2 is 2.21 bits per heavy atom. The van der Waals surface area contributed by atoms with Crippen molar-refractivity contribution in [3.63, 3.8) is 0 Å². The van der Waals surface area contributed by atoms with Crippen LogP contribution in [0.4, 0.5) is 5.69 Å². The standard InChI is InChI=1S/C11H15ClN2/c12-10-7-8(13)4-5-9(10)11-3-1-2-6-14-11/h4-5,7,11,14H,1-3,6,13H2/t11-/m0/s1. The van der Waals surface area contributed by atoms with E-state index in [0.29, 0.717) is 6.04 Å². The highest BCUT2D eigenvalue weighted by Gasteiger charge is 2.16. The maximum atomic E-state index is 6.14. The molecule has 0 amide bonds. The van der Waals surface area contributed by atoms with Crippen molar-refractivity contribution in [1.82, 2.24) is 5.32 Å². The van der Waals surface area contributed by atoms with Crippen LogP contribution in [0.5, 0.6) is 0 Å². The van der Waals surface area contributed by atoms with Crippen LogP contribution in [0.1, 0.15) is 30.9 Å². The van der Waals surface area contributed by atoms with Gasteiger partial charge in [-0.15, -0.1) is 0 Å². The summed E-state index contributed by atoms with van der Waals surface area (Å²) in [7, 11) is 0. The van der Waals surface area contributed by atoms with E-state index in [2.05, 4.69) is 5.32 Å². The maximum absolute atomic E-state index is 6.14. The van der Waals surface area contributed by atoms with Crippen molar-refractivity contribution in [1.29, 1.82) is 0 Å². The zero-order valence-corrected chi connectivity index (χ0v) is 8.85. The van der Waals surface area contributed by atoms with E-state index in [0.717, 1.165) is 17.3 Å². The lowest BCUT2D eigenvalue weighted by Crippen LogP contribution is -2.26. The van der Waals surface area contributed by atoms with E-state index in [-0.39, 0.29) is 0 Å². The molecule has 0 unspecified atom stereocenters. The minimum absolute atomic E-state index is 0.414. The first-order valence-electron chi connectivity index (χ1n) is 5.05. The van der Waals surface area contributed by atoms with E-state index in [1.807, 2.05) is 18.2 Å². The number of rotatable bonds is 1. The summed E-state index contributed by atoms with van der Waals surface area (Å²) in [6.07, 6.45) is 3.71. The summed E-state index contributed by atoms with van der Waals surface area (Å²) in [4.78, 5) is 0. The number of piperidine rings is 1. The lowest BCUT2D eigenvalue weighted by Gasteiger charge is -2.24. The molecule has 2 rings (SSSR count). The average molecular weight is 211 g/mol. The van der Waals surface area contributed by atoms with Crippen LogP contribution in [0.15, 0.2) is 18.2 Å². The van der Waals surface area contributed by atoms with Crippen molar-refractivity contribution in [3.05, 3.63) is 28.8 Å². The third-order valence-corrected chi connectivity index (χ3v) is 3.04. The third kappa shape index (κ3) is 2.02. The molecule has 3 heteroatoms. The summed E-state index contributed by atoms with van der Waals surface area (Å²) in [6, 6.07) is 6.18. The Morgan fingerprint density at radius 1 is 1.36 bits per heavy atom. The normalized spacial score (nSPS) is 22.2. The second-order valence-electron chi connectivity index (χ2n) is 3.78. The molecule has 1 aliphatic rings. The Hall–Kier alpha value is -0.730. The molecule has 0 spiro atoms. The van der Waals surface area contributed by atoms with Gasteiger partial charge in [-0.1, -0.05) is 24.1 Å². The van der Waals surface area contributed by atoms with Gasteiger partial charge in [0, 0.05) is 16.8 Å². The van der Waals surface area contributed by atoms with Crippen LogP contribution in [0.2, 0.25) is 5.02 Å². The van der Waals surface area contributed by atoms with Crippen LogP contribution < -0.4 is 11.1 Å². The van der Waals surface area contributed by atoms with E-state index in [1.54, 1.807) is 0 Å². The van der Waals surface area contributed by atoms with Gasteiger partial charge in [0.1, 0.15) is 0 Å². The molecule has 0 aliphatic carbocycles. The minimum Gasteiger partial charge on any atom is -0.399 e. The largest absolute Gasteiger partial charge is 0.399 e. The van der Waals surface area contributed by atoms with Crippen molar-refractivity contribution in [2.24, 2.45) is 0 Å². The number of anilines is 1. The van der Waals surface area contributed by atoms with E-state index in [1.165, 1.54) is 24.8 Å². The molecule has 0 radical (unpaired) electrons. The van der Waals surface area contributed by atoms with Crippen LogP contribution in [0, 0.1) is 0 Å². The van der Waals surface area contributed by atoms with Crippen LogP contribution in [0.3, 0.4) is 0 Å². The SMILES string of the molecule is Nc1ccc([C@@H]2CCCCN2)c(Cl)c1. The molecule has 1 saturated heterocycles. The van der Waals surface area contributed by atoms with E-state index < -0.39 is 0 Å². The fourth-order valence-corrected chi connectivity index (χ4v) is 2.26. The second kappa shape index (κ2) is 4.20. The van der Waals surface area contributed by atoms with Gasteiger partial charge in [-0.3, -0.25) is 0 Å². The smallest absolute Gasteiger partial charge is 0.0474 e. The molecular formula is C11H15ClN2. The number of halogens is 1. The fourth-order valence-electron chi connectivity index (χ4n) is 1.94. The molecule has 14 heavy (non-hydrogen) atoms. The van der Waals surface area contributed by atoms with Gasteiger partial charge in [-0.05, 0) is 37.1 Å². The molecule has 1 fully saturated rings. The fraction of sp³-hybridized carbons (Fsp3) is 0.455. The summed E-state index contributed by atoms with van der Waals surface area (Å²) >= 11 is 6.14. The van der Waals surface area contributed by atoms with E-state index in [9.17, 15) is 0 Å². The molecular weight excluding hydrogens is 196 g/mol. The van der Waals surface area contributed by atoms with Gasteiger partial charge in [0.2, 0.25) is 0 Å². The first-order chi connectivity index (χ1) is 6.77. The number of hydrogen-bond acceptors (Lipinski definition) is 2. The summed E-state index contributed by atoms with van der Waals surface area (Å²) in [5, 5.41) is 4.25. The molecule has 1 aromatic carbocycles. The predicted molar refractivity (Wildman–Crippen MR) is 60.5 cm³/mol. The summed E-state index contributed by atoms with van der Waals surface area (Å²) in [5.41, 5.74) is 7.56. The van der Waals surface area contributed by atoms with Crippen molar-refractivity contribution in [2.45, 2.75) is 25.3 Å². The Bertz CT molecular complexity index is 319. The highest BCUT2D eigenvalue weighted by atomic mass is 35.5. The molecule has 0 bridgehead atoms. The van der Waals surface area contributed by atoms with Gasteiger partial charge >= 0.3 is 0 Å². The number of nitrogen functional groups attached to an aromatic ring is 1. The van der Waals surface area contributed by atoms with Crippen molar-refractivity contribution < 1.29 is 0 Å². The maximum Gasteiger partial charge on any atom is 0.0474 e. The van der Waals surface area contributed by atoms with Crippen molar-refractivity contribution in [2.75, 3.05) is 12.3 Å². The van der Waals surface area contributed by atoms with Gasteiger partial charge < -0.3 is 11.1 Å². The van der Waals surface area contributed by atoms with Crippen LogP contribution in [0.25, 0.3) is 0 Å². The second-order valence-corrected chi connectivity index (χ2v) is 4.19. The molecule has 1 heterocycles. The lowest BCUT2D eigenvalue weighted by atomic mass is 9.97. The highest BCUT2D eigenvalue weighted by Crippen LogP contribution is 2.29. The summed E-state index contributed by atoms with van der Waals surface area (Å²) in [6.45, 7) is 1.09. The quantitative estimate of drug-likeness (QED) is 0.700. The first-order valence-corrected chi connectivity index (χ1v) is 5.43. The number of benzene rings is 1. The number of hydrogen-bond donors (Lipinski definition) is 2. The van der Waals surface area contributed by atoms with E-state index in [4.69, 9.17) is 17.3 Å². The van der Waals surface area contributed by atoms with Gasteiger partial charge in [-0.25, -0.2) is 0 Å². The van der Waals surface area contributed by atoms with E-state index >= 15 is 0 Å². The Kier molecular flexibility index (Phi) is 2.94. The van der Waals surface area contributed by atoms with Crippen LogP contribution >= 0.6 is 11.6 Å². The van der Waals surface area contributed by atoms with Crippen LogP contribution in [-0.4, -0.2) is 6.54 Å². The monoisotopic (exact) mass is 210 g/mol. The predicted octanol–water partition coefficient (Wildman–Crippen LogP) is 2.74. The zero-order valence-electron chi connectivity index (χ0n) is 8.09. The Morgan fingerprint density at radius 3 is 2.86 bits per heavy atom. The molecule has 76 valence electrons. The Balaban J connectivity index is 2.22. The van der Waals surface area contributed by atoms with Gasteiger partial charge in [0.15, 0.2) is 0 Å². The molecule has 1 atom stereocenters. The molecule has 0 saturated carbocycles. The average Bonchev–Trinajstić information content (AvgIpc) is 2.19. The summed E-state index contributed by atoms with van der Waals surface area (Å²) in [5.74, 6) is 0. The highest BCUT2D eigenvalue weighted by molar-refractivity contribution is 6.31. The molecule has 2 nitrogen and oxygen atoms in total. The lowest BCUT2D eigenvalue weighted by molar-refractivity contribution is 0.412. The van der Waals surface area contributed by atoms with Crippen molar-refractivity contribution >= 4 is 17.3 Å². The minimum atomic E-state index is 0.414.